The number of alkyl halides is 2. The van der Waals surface area contributed by atoms with E-state index in [9.17, 15) is 31.5 Å². The Kier molecular flexibility index (Phi) is 6.11. The Hall–Kier alpha value is -2.57. The standard InChI is InChI=1S/C18H20F3N3O5S/c1-3-13(25)12-8-29-16-14(30(27,28)23-12)7-24(2)15(16)18(26)22-9-4-5-11(19)10(6-9)17(20)21/h4-7,12-13,17,23,25H,3,8H2,1-2H3,(H,22,26). The number of halogens is 3. The lowest BCUT2D eigenvalue weighted by Gasteiger charge is -2.20. The molecule has 0 aliphatic carbocycles. The Labute approximate surface area is 170 Å². The van der Waals surface area contributed by atoms with Crippen molar-refractivity contribution in [2.24, 2.45) is 7.05 Å². The SMILES string of the molecule is CCC(O)C1COc2c(cn(C)c2C(=O)Nc2ccc(F)c(C(F)F)c2)S(=O)(=O)N1. The van der Waals surface area contributed by atoms with Crippen LogP contribution in [-0.4, -0.2) is 42.8 Å². The van der Waals surface area contributed by atoms with E-state index in [-0.39, 0.29) is 35.1 Å². The van der Waals surface area contributed by atoms with Gasteiger partial charge in [-0.1, -0.05) is 6.92 Å². The summed E-state index contributed by atoms with van der Waals surface area (Å²) in [5.41, 5.74) is -1.15. The second kappa shape index (κ2) is 8.28. The fourth-order valence-corrected chi connectivity index (χ4v) is 4.54. The first kappa shape index (κ1) is 22.1. The number of aliphatic hydroxyl groups excluding tert-OH is 1. The number of hydrogen-bond acceptors (Lipinski definition) is 5. The third-order valence-electron chi connectivity index (χ3n) is 4.69. The maximum atomic E-state index is 13.5. The van der Waals surface area contributed by atoms with Crippen molar-refractivity contribution in [1.29, 1.82) is 0 Å². The van der Waals surface area contributed by atoms with Crippen molar-refractivity contribution in [1.82, 2.24) is 9.29 Å². The highest BCUT2D eigenvalue weighted by Crippen LogP contribution is 2.33. The lowest BCUT2D eigenvalue weighted by atomic mass is 10.1. The van der Waals surface area contributed by atoms with Crippen LogP contribution in [0.4, 0.5) is 18.9 Å². The van der Waals surface area contributed by atoms with Crippen molar-refractivity contribution in [2.45, 2.75) is 36.8 Å². The number of ether oxygens (including phenoxy) is 1. The van der Waals surface area contributed by atoms with Gasteiger partial charge in [-0.3, -0.25) is 4.79 Å². The number of hydrogen-bond donors (Lipinski definition) is 3. The van der Waals surface area contributed by atoms with E-state index in [2.05, 4.69) is 10.0 Å². The number of amides is 1. The molecule has 0 saturated heterocycles. The van der Waals surface area contributed by atoms with Gasteiger partial charge in [0.05, 0.1) is 17.7 Å². The molecule has 2 heterocycles. The van der Waals surface area contributed by atoms with E-state index in [1.165, 1.54) is 17.8 Å². The molecular formula is C18H20F3N3O5S. The number of nitrogens with one attached hydrogen (secondary N) is 2. The topological polar surface area (TPSA) is 110 Å². The minimum absolute atomic E-state index is 0.0967. The fraction of sp³-hybridized carbons (Fsp3) is 0.389. The molecule has 1 aliphatic rings. The predicted octanol–water partition coefficient (Wildman–Crippen LogP) is 2.16. The van der Waals surface area contributed by atoms with Crippen LogP contribution in [0.25, 0.3) is 0 Å². The van der Waals surface area contributed by atoms with Gasteiger partial charge in [0.2, 0.25) is 10.0 Å². The monoisotopic (exact) mass is 447 g/mol. The third-order valence-corrected chi connectivity index (χ3v) is 6.18. The highest BCUT2D eigenvalue weighted by atomic mass is 32.2. The molecule has 1 aromatic heterocycles. The Bertz CT molecular complexity index is 1070. The van der Waals surface area contributed by atoms with E-state index in [1.807, 2.05) is 0 Å². The van der Waals surface area contributed by atoms with E-state index >= 15 is 0 Å². The summed E-state index contributed by atoms with van der Waals surface area (Å²) in [5, 5.41) is 12.3. The minimum atomic E-state index is -4.10. The van der Waals surface area contributed by atoms with Crippen LogP contribution in [-0.2, 0) is 17.1 Å². The molecule has 0 radical (unpaired) electrons. The van der Waals surface area contributed by atoms with Crippen LogP contribution < -0.4 is 14.8 Å². The molecule has 164 valence electrons. The van der Waals surface area contributed by atoms with Gasteiger partial charge < -0.3 is 19.7 Å². The molecule has 3 rings (SSSR count). The second-order valence-electron chi connectivity index (χ2n) is 6.79. The molecule has 2 atom stereocenters. The first-order chi connectivity index (χ1) is 14.0. The number of aliphatic hydroxyl groups is 1. The van der Waals surface area contributed by atoms with Crippen molar-refractivity contribution < 1.29 is 36.2 Å². The first-order valence-corrected chi connectivity index (χ1v) is 10.4. The van der Waals surface area contributed by atoms with Gasteiger partial charge in [0.1, 0.15) is 17.3 Å². The van der Waals surface area contributed by atoms with Gasteiger partial charge in [0.25, 0.3) is 12.3 Å². The van der Waals surface area contributed by atoms with Crippen molar-refractivity contribution in [2.75, 3.05) is 11.9 Å². The smallest absolute Gasteiger partial charge is 0.276 e. The molecule has 0 spiro atoms. The largest absolute Gasteiger partial charge is 0.488 e. The molecule has 3 N–H and O–H groups in total. The first-order valence-electron chi connectivity index (χ1n) is 8.96. The van der Waals surface area contributed by atoms with Gasteiger partial charge in [-0.25, -0.2) is 26.3 Å². The van der Waals surface area contributed by atoms with E-state index in [0.717, 1.165) is 18.2 Å². The zero-order valence-corrected chi connectivity index (χ0v) is 16.8. The lowest BCUT2D eigenvalue weighted by Crippen LogP contribution is -2.45. The fourth-order valence-electron chi connectivity index (χ4n) is 3.09. The number of anilines is 1. The summed E-state index contributed by atoms with van der Waals surface area (Å²) in [5.74, 6) is -2.18. The number of rotatable bonds is 5. The number of nitrogens with zero attached hydrogens (tertiary/aromatic N) is 1. The number of sulfonamides is 1. The highest BCUT2D eigenvalue weighted by molar-refractivity contribution is 7.89. The molecule has 1 aliphatic heterocycles. The van der Waals surface area contributed by atoms with Crippen molar-refractivity contribution in [3.05, 3.63) is 41.5 Å². The maximum absolute atomic E-state index is 13.5. The van der Waals surface area contributed by atoms with Gasteiger partial charge in [0.15, 0.2) is 11.4 Å². The number of fused-ring (bicyclic) bond motifs is 1. The number of aromatic nitrogens is 1. The summed E-state index contributed by atoms with van der Waals surface area (Å²) in [6, 6.07) is 1.78. The molecule has 30 heavy (non-hydrogen) atoms. The summed E-state index contributed by atoms with van der Waals surface area (Å²) in [6.45, 7) is 1.45. The molecule has 0 fully saturated rings. The predicted molar refractivity (Wildman–Crippen MR) is 101 cm³/mol. The average Bonchev–Trinajstić information content (AvgIpc) is 2.96. The van der Waals surface area contributed by atoms with Crippen LogP contribution in [0.2, 0.25) is 0 Å². The summed E-state index contributed by atoms with van der Waals surface area (Å²) in [4.78, 5) is 12.5. The van der Waals surface area contributed by atoms with Crippen LogP contribution in [0, 0.1) is 5.82 Å². The number of aryl methyl sites for hydroxylation is 1. The Morgan fingerprint density at radius 1 is 1.43 bits per heavy atom. The van der Waals surface area contributed by atoms with Crippen LogP contribution >= 0.6 is 0 Å². The van der Waals surface area contributed by atoms with E-state index in [4.69, 9.17) is 4.74 Å². The van der Waals surface area contributed by atoms with Crippen LogP contribution in [0.1, 0.15) is 35.8 Å². The van der Waals surface area contributed by atoms with Crippen molar-refractivity contribution in [3.8, 4) is 5.75 Å². The van der Waals surface area contributed by atoms with E-state index < -0.39 is 45.9 Å². The highest BCUT2D eigenvalue weighted by Gasteiger charge is 2.36. The normalized spacial score (nSPS) is 19.0. The van der Waals surface area contributed by atoms with Crippen LogP contribution in [0.5, 0.6) is 5.75 Å². The third kappa shape index (κ3) is 4.16. The van der Waals surface area contributed by atoms with Crippen LogP contribution in [0.15, 0.2) is 29.3 Å². The molecule has 12 heteroatoms. The summed E-state index contributed by atoms with van der Waals surface area (Å²) < 4.78 is 73.7. The lowest BCUT2D eigenvalue weighted by molar-refractivity contribution is 0.0990. The molecule has 8 nitrogen and oxygen atoms in total. The summed E-state index contributed by atoms with van der Waals surface area (Å²) >= 11 is 0. The van der Waals surface area contributed by atoms with Gasteiger partial charge in [-0.15, -0.1) is 0 Å². The Morgan fingerprint density at radius 2 is 2.13 bits per heavy atom. The van der Waals surface area contributed by atoms with Crippen molar-refractivity contribution in [3.63, 3.8) is 0 Å². The second-order valence-corrected chi connectivity index (χ2v) is 8.47. The molecule has 2 unspecified atom stereocenters. The quantitative estimate of drug-likeness (QED) is 0.651. The molecule has 1 aromatic carbocycles. The molecule has 1 amide bonds. The number of benzene rings is 1. The van der Waals surface area contributed by atoms with Gasteiger partial charge >= 0.3 is 0 Å². The molecule has 0 saturated carbocycles. The zero-order chi connectivity index (χ0) is 22.2. The van der Waals surface area contributed by atoms with Gasteiger partial charge in [-0.05, 0) is 24.6 Å². The van der Waals surface area contributed by atoms with E-state index in [0.29, 0.717) is 0 Å². The summed E-state index contributed by atoms with van der Waals surface area (Å²) in [7, 11) is -2.69. The zero-order valence-electron chi connectivity index (χ0n) is 16.0. The molecular weight excluding hydrogens is 427 g/mol. The van der Waals surface area contributed by atoms with Gasteiger partial charge in [0, 0.05) is 18.9 Å². The minimum Gasteiger partial charge on any atom is -0.488 e. The number of carbonyl (C=O) groups excluding carboxylic acids is 1. The molecule has 2 aromatic rings. The number of carbonyl (C=O) groups is 1. The Balaban J connectivity index is 1.95. The van der Waals surface area contributed by atoms with E-state index in [1.54, 1.807) is 6.92 Å². The van der Waals surface area contributed by atoms with Crippen molar-refractivity contribution >= 4 is 21.6 Å². The Morgan fingerprint density at radius 3 is 2.77 bits per heavy atom. The van der Waals surface area contributed by atoms with Gasteiger partial charge in [-0.2, -0.15) is 0 Å². The van der Waals surface area contributed by atoms with Crippen LogP contribution in [0.3, 0.4) is 0 Å². The maximum Gasteiger partial charge on any atom is 0.276 e. The molecule has 0 bridgehead atoms. The average molecular weight is 447 g/mol. The summed E-state index contributed by atoms with van der Waals surface area (Å²) in [6.07, 6.45) is -2.63.